The molecule has 1 aromatic rings. The van der Waals surface area contributed by atoms with Crippen LogP contribution in [0.25, 0.3) is 0 Å². The van der Waals surface area contributed by atoms with Crippen LogP contribution < -0.4 is 4.74 Å². The van der Waals surface area contributed by atoms with Crippen molar-refractivity contribution in [3.05, 3.63) is 29.3 Å². The van der Waals surface area contributed by atoms with E-state index in [4.69, 9.17) is 21.4 Å². The first-order valence-electron chi connectivity index (χ1n) is 6.36. The number of ether oxygens (including phenoxy) is 1. The molecule has 0 aliphatic carbocycles. The Morgan fingerprint density at radius 3 is 2.84 bits per heavy atom. The molecule has 0 bridgehead atoms. The molecule has 5 heteroatoms. The third-order valence-corrected chi connectivity index (χ3v) is 2.97. The summed E-state index contributed by atoms with van der Waals surface area (Å²) in [6.45, 7) is 0.893. The number of hydrogen-bond donors (Lipinski definition) is 1. The highest BCUT2D eigenvalue weighted by atomic mass is 35.5. The standard InChI is InChI=1S/C14H20ClNO3/c1-16(8-3-2-4-9-17)14(18)11-19-13-7-5-6-12(15)10-13/h5-7,10,17H,2-4,8-9,11H2,1H3. The largest absolute Gasteiger partial charge is 0.484 e. The number of benzene rings is 1. The first-order valence-corrected chi connectivity index (χ1v) is 6.74. The Labute approximate surface area is 118 Å². The van der Waals surface area contributed by atoms with Crippen molar-refractivity contribution in [2.75, 3.05) is 26.8 Å². The zero-order chi connectivity index (χ0) is 14.1. The van der Waals surface area contributed by atoms with E-state index in [-0.39, 0.29) is 19.1 Å². The van der Waals surface area contributed by atoms with Gasteiger partial charge in [0.2, 0.25) is 0 Å². The molecule has 0 atom stereocenters. The van der Waals surface area contributed by atoms with Crippen molar-refractivity contribution in [3.8, 4) is 5.75 Å². The number of amides is 1. The minimum Gasteiger partial charge on any atom is -0.484 e. The second kappa shape index (κ2) is 8.77. The van der Waals surface area contributed by atoms with Gasteiger partial charge in [0.15, 0.2) is 6.61 Å². The predicted molar refractivity (Wildman–Crippen MR) is 75.5 cm³/mol. The van der Waals surface area contributed by atoms with Crippen LogP contribution in [0, 0.1) is 0 Å². The van der Waals surface area contributed by atoms with Crippen LogP contribution in [0.4, 0.5) is 0 Å². The van der Waals surface area contributed by atoms with E-state index in [9.17, 15) is 4.79 Å². The van der Waals surface area contributed by atoms with Crippen molar-refractivity contribution < 1.29 is 14.6 Å². The number of likely N-dealkylation sites (N-methyl/N-ethyl adjacent to an activating group) is 1. The zero-order valence-electron chi connectivity index (χ0n) is 11.1. The Morgan fingerprint density at radius 2 is 2.16 bits per heavy atom. The maximum absolute atomic E-state index is 11.8. The lowest BCUT2D eigenvalue weighted by Crippen LogP contribution is -2.32. The second-order valence-corrected chi connectivity index (χ2v) is 4.78. The van der Waals surface area contributed by atoms with Gasteiger partial charge in [-0.15, -0.1) is 0 Å². The molecule has 0 unspecified atom stereocenters. The van der Waals surface area contributed by atoms with Crippen molar-refractivity contribution in [1.82, 2.24) is 4.90 Å². The van der Waals surface area contributed by atoms with E-state index in [1.54, 1.807) is 36.2 Å². The second-order valence-electron chi connectivity index (χ2n) is 4.35. The Hall–Kier alpha value is -1.26. The third-order valence-electron chi connectivity index (χ3n) is 2.74. The van der Waals surface area contributed by atoms with Gasteiger partial charge in [-0.1, -0.05) is 17.7 Å². The molecule has 19 heavy (non-hydrogen) atoms. The number of carbonyl (C=O) groups excluding carboxylic acids is 1. The van der Waals surface area contributed by atoms with Gasteiger partial charge >= 0.3 is 0 Å². The molecule has 0 spiro atoms. The molecule has 106 valence electrons. The van der Waals surface area contributed by atoms with E-state index in [1.807, 2.05) is 0 Å². The average Bonchev–Trinajstić information content (AvgIpc) is 2.41. The molecule has 1 amide bonds. The molecule has 0 aliphatic heterocycles. The number of rotatable bonds is 8. The molecule has 0 aromatic heterocycles. The van der Waals surface area contributed by atoms with Crippen molar-refractivity contribution in [2.24, 2.45) is 0 Å². The number of carbonyl (C=O) groups is 1. The van der Waals surface area contributed by atoms with Crippen LogP contribution >= 0.6 is 11.6 Å². The van der Waals surface area contributed by atoms with Crippen LogP contribution in [0.2, 0.25) is 5.02 Å². The highest BCUT2D eigenvalue weighted by molar-refractivity contribution is 6.30. The monoisotopic (exact) mass is 285 g/mol. The Kier molecular flexibility index (Phi) is 7.30. The molecule has 0 saturated carbocycles. The van der Waals surface area contributed by atoms with Gasteiger partial charge in [0.1, 0.15) is 5.75 Å². The summed E-state index contributed by atoms with van der Waals surface area (Å²) in [5.74, 6) is 0.526. The summed E-state index contributed by atoms with van der Waals surface area (Å²) in [4.78, 5) is 13.4. The molecule has 0 aliphatic rings. The minimum atomic E-state index is -0.0658. The smallest absolute Gasteiger partial charge is 0.260 e. The average molecular weight is 286 g/mol. The predicted octanol–water partition coefficient (Wildman–Crippen LogP) is 2.34. The van der Waals surface area contributed by atoms with Gasteiger partial charge in [-0.25, -0.2) is 0 Å². The van der Waals surface area contributed by atoms with Crippen LogP contribution in [0.3, 0.4) is 0 Å². The van der Waals surface area contributed by atoms with E-state index in [1.165, 1.54) is 0 Å². The molecule has 4 nitrogen and oxygen atoms in total. The van der Waals surface area contributed by atoms with E-state index in [2.05, 4.69) is 0 Å². The number of nitrogens with zero attached hydrogens (tertiary/aromatic N) is 1. The first-order chi connectivity index (χ1) is 9.13. The summed E-state index contributed by atoms with van der Waals surface area (Å²) in [6, 6.07) is 6.97. The topological polar surface area (TPSA) is 49.8 Å². The lowest BCUT2D eigenvalue weighted by molar-refractivity contribution is -0.132. The number of halogens is 1. The maximum atomic E-state index is 11.8. The summed E-state index contributed by atoms with van der Waals surface area (Å²) in [7, 11) is 1.75. The number of aliphatic hydroxyl groups is 1. The van der Waals surface area contributed by atoms with Crippen molar-refractivity contribution in [2.45, 2.75) is 19.3 Å². The Morgan fingerprint density at radius 1 is 1.37 bits per heavy atom. The molecule has 0 saturated heterocycles. The number of aliphatic hydroxyl groups excluding tert-OH is 1. The summed E-state index contributed by atoms with van der Waals surface area (Å²) >= 11 is 5.83. The molecular formula is C14H20ClNO3. The fourth-order valence-corrected chi connectivity index (χ4v) is 1.75. The molecule has 0 radical (unpaired) electrons. The third kappa shape index (κ3) is 6.45. The fraction of sp³-hybridized carbons (Fsp3) is 0.500. The Balaban J connectivity index is 2.26. The van der Waals surface area contributed by atoms with Gasteiger partial charge in [-0.05, 0) is 37.5 Å². The summed E-state index contributed by atoms with van der Waals surface area (Å²) in [6.07, 6.45) is 2.59. The lowest BCUT2D eigenvalue weighted by atomic mass is 10.2. The minimum absolute atomic E-state index is 0.0108. The molecule has 1 rings (SSSR count). The Bertz CT molecular complexity index is 398. The maximum Gasteiger partial charge on any atom is 0.260 e. The lowest BCUT2D eigenvalue weighted by Gasteiger charge is -2.17. The fourth-order valence-electron chi connectivity index (χ4n) is 1.57. The SMILES string of the molecule is CN(CCCCCO)C(=O)COc1cccc(Cl)c1. The van der Waals surface area contributed by atoms with Crippen LogP contribution in [-0.4, -0.2) is 42.7 Å². The van der Waals surface area contributed by atoms with E-state index in [0.29, 0.717) is 17.3 Å². The molecule has 0 heterocycles. The molecular weight excluding hydrogens is 266 g/mol. The van der Waals surface area contributed by atoms with Crippen molar-refractivity contribution in [3.63, 3.8) is 0 Å². The van der Waals surface area contributed by atoms with E-state index in [0.717, 1.165) is 19.3 Å². The summed E-state index contributed by atoms with van der Waals surface area (Å²) in [5.41, 5.74) is 0. The quantitative estimate of drug-likeness (QED) is 0.746. The van der Waals surface area contributed by atoms with Gasteiger partial charge in [-0.2, -0.15) is 0 Å². The van der Waals surface area contributed by atoms with E-state index < -0.39 is 0 Å². The van der Waals surface area contributed by atoms with Gasteiger partial charge in [0.05, 0.1) is 0 Å². The molecule has 1 aromatic carbocycles. The van der Waals surface area contributed by atoms with Gasteiger partial charge in [0, 0.05) is 25.2 Å². The van der Waals surface area contributed by atoms with Crippen molar-refractivity contribution >= 4 is 17.5 Å². The first kappa shape index (κ1) is 15.8. The summed E-state index contributed by atoms with van der Waals surface area (Å²) < 4.78 is 5.38. The van der Waals surface area contributed by atoms with Gasteiger partial charge in [0.25, 0.3) is 5.91 Å². The van der Waals surface area contributed by atoms with Crippen LogP contribution in [0.15, 0.2) is 24.3 Å². The molecule has 1 N–H and O–H groups in total. The van der Waals surface area contributed by atoms with Crippen LogP contribution in [0.5, 0.6) is 5.75 Å². The van der Waals surface area contributed by atoms with Crippen LogP contribution in [0.1, 0.15) is 19.3 Å². The summed E-state index contributed by atoms with van der Waals surface area (Å²) in [5, 5.41) is 9.25. The zero-order valence-corrected chi connectivity index (χ0v) is 11.9. The van der Waals surface area contributed by atoms with Gasteiger partial charge in [-0.3, -0.25) is 4.79 Å². The highest BCUT2D eigenvalue weighted by Crippen LogP contribution is 2.16. The molecule has 0 fully saturated rings. The highest BCUT2D eigenvalue weighted by Gasteiger charge is 2.09. The van der Waals surface area contributed by atoms with E-state index >= 15 is 0 Å². The number of unbranched alkanes of at least 4 members (excludes halogenated alkanes) is 2. The normalized spacial score (nSPS) is 10.3. The number of hydrogen-bond acceptors (Lipinski definition) is 3. The van der Waals surface area contributed by atoms with Crippen molar-refractivity contribution in [1.29, 1.82) is 0 Å². The van der Waals surface area contributed by atoms with Gasteiger partial charge < -0.3 is 14.7 Å². The van der Waals surface area contributed by atoms with Crippen LogP contribution in [-0.2, 0) is 4.79 Å².